The average molecular weight is 440 g/mol. The number of amides is 1. The van der Waals surface area contributed by atoms with Gasteiger partial charge in [-0.25, -0.2) is 0 Å². The maximum absolute atomic E-state index is 12.7. The number of carbonyl (C=O) groups excluding carboxylic acids is 1. The number of benzene rings is 1. The average Bonchev–Trinajstić information content (AvgIpc) is 3.47. The minimum absolute atomic E-state index is 0.207. The predicted molar refractivity (Wildman–Crippen MR) is 130 cm³/mol. The Morgan fingerprint density at radius 3 is 2.77 bits per heavy atom. The van der Waals surface area contributed by atoms with E-state index in [4.69, 9.17) is 4.99 Å². The number of guanidine groups is 1. The fourth-order valence-corrected chi connectivity index (χ4v) is 5.15. The van der Waals surface area contributed by atoms with Gasteiger partial charge in [-0.2, -0.15) is 0 Å². The molecule has 1 fully saturated rings. The maximum Gasteiger partial charge on any atom is 0.227 e. The van der Waals surface area contributed by atoms with Crippen molar-refractivity contribution < 1.29 is 4.79 Å². The molecule has 2 aliphatic heterocycles. The number of aliphatic imine (C=N–C) groups is 1. The van der Waals surface area contributed by atoms with E-state index in [9.17, 15) is 4.79 Å². The molecule has 4 rings (SSSR count). The molecule has 6 nitrogen and oxygen atoms in total. The highest BCUT2D eigenvalue weighted by Crippen LogP contribution is 2.28. The van der Waals surface area contributed by atoms with Gasteiger partial charge in [0.2, 0.25) is 5.91 Å². The van der Waals surface area contributed by atoms with Crippen LogP contribution in [0.3, 0.4) is 0 Å². The minimum atomic E-state index is 0.207. The lowest BCUT2D eigenvalue weighted by molar-refractivity contribution is -0.118. The van der Waals surface area contributed by atoms with Crippen LogP contribution in [-0.2, 0) is 11.2 Å². The summed E-state index contributed by atoms with van der Waals surface area (Å²) in [6, 6.07) is 13.0. The third kappa shape index (κ3) is 5.58. The van der Waals surface area contributed by atoms with Gasteiger partial charge in [-0.05, 0) is 61.7 Å². The van der Waals surface area contributed by atoms with E-state index in [1.807, 2.05) is 28.4 Å². The fraction of sp³-hybridized carbons (Fsp3) is 0.500. The predicted octanol–water partition coefficient (Wildman–Crippen LogP) is 3.64. The van der Waals surface area contributed by atoms with Crippen molar-refractivity contribution in [3.63, 3.8) is 0 Å². The smallest absolute Gasteiger partial charge is 0.227 e. The molecule has 0 radical (unpaired) electrons. The number of piperidine rings is 1. The highest BCUT2D eigenvalue weighted by Gasteiger charge is 2.23. The van der Waals surface area contributed by atoms with Crippen LogP contribution in [0.1, 0.15) is 38.2 Å². The number of hydrogen-bond acceptors (Lipinski definition) is 4. The molecule has 0 saturated carbocycles. The summed E-state index contributed by atoms with van der Waals surface area (Å²) in [5.41, 5.74) is 2.36. The van der Waals surface area contributed by atoms with Crippen molar-refractivity contribution in [1.29, 1.82) is 0 Å². The lowest BCUT2D eigenvalue weighted by Crippen LogP contribution is -2.48. The van der Waals surface area contributed by atoms with Gasteiger partial charge in [0, 0.05) is 50.9 Å². The summed E-state index contributed by atoms with van der Waals surface area (Å²) in [4.78, 5) is 21.8. The van der Waals surface area contributed by atoms with Gasteiger partial charge in [0.05, 0.1) is 5.00 Å². The molecule has 31 heavy (non-hydrogen) atoms. The number of para-hydroxylation sites is 1. The minimum Gasteiger partial charge on any atom is -0.363 e. The first-order valence-electron chi connectivity index (χ1n) is 11.5. The molecule has 1 amide bonds. The Labute approximate surface area is 189 Å². The highest BCUT2D eigenvalue weighted by molar-refractivity contribution is 7.14. The molecule has 1 saturated heterocycles. The number of rotatable bonds is 7. The molecule has 1 aromatic carbocycles. The van der Waals surface area contributed by atoms with Crippen molar-refractivity contribution in [1.82, 2.24) is 10.6 Å². The molecule has 2 N–H and O–H groups in total. The topological polar surface area (TPSA) is 60.0 Å². The van der Waals surface area contributed by atoms with Crippen molar-refractivity contribution in [3.8, 4) is 0 Å². The Bertz CT molecular complexity index is 874. The zero-order valence-electron chi connectivity index (χ0n) is 18.3. The van der Waals surface area contributed by atoms with Gasteiger partial charge in [0.15, 0.2) is 5.96 Å². The highest BCUT2D eigenvalue weighted by atomic mass is 32.1. The van der Waals surface area contributed by atoms with Crippen molar-refractivity contribution in [2.24, 2.45) is 4.99 Å². The van der Waals surface area contributed by atoms with Gasteiger partial charge < -0.3 is 20.4 Å². The molecule has 0 atom stereocenters. The summed E-state index contributed by atoms with van der Waals surface area (Å²) in [5, 5.41) is 10.5. The fourth-order valence-electron chi connectivity index (χ4n) is 4.36. The number of anilines is 2. The molecule has 0 bridgehead atoms. The largest absolute Gasteiger partial charge is 0.363 e. The molecule has 166 valence electrons. The monoisotopic (exact) mass is 439 g/mol. The van der Waals surface area contributed by atoms with E-state index in [-0.39, 0.29) is 5.91 Å². The number of nitrogens with zero attached hydrogens (tertiary/aromatic N) is 3. The lowest BCUT2D eigenvalue weighted by Gasteiger charge is -2.33. The molecular formula is C24H33N5OS. The molecule has 0 spiro atoms. The number of thiophene rings is 1. The molecular weight excluding hydrogens is 406 g/mol. The zero-order valence-corrected chi connectivity index (χ0v) is 19.2. The molecule has 7 heteroatoms. The van der Waals surface area contributed by atoms with Gasteiger partial charge in [-0.3, -0.25) is 9.79 Å². The first-order chi connectivity index (χ1) is 15.2. The summed E-state index contributed by atoms with van der Waals surface area (Å²) in [6.07, 6.45) is 4.48. The second kappa shape index (κ2) is 10.7. The molecule has 2 aliphatic rings. The van der Waals surface area contributed by atoms with Crippen LogP contribution in [0.2, 0.25) is 0 Å². The van der Waals surface area contributed by atoms with Gasteiger partial charge >= 0.3 is 0 Å². The van der Waals surface area contributed by atoms with Crippen LogP contribution in [0.4, 0.5) is 10.7 Å². The Balaban J connectivity index is 1.22. The van der Waals surface area contributed by atoms with E-state index in [1.165, 1.54) is 10.6 Å². The first kappa shape index (κ1) is 21.7. The van der Waals surface area contributed by atoms with Crippen molar-refractivity contribution in [3.05, 3.63) is 47.3 Å². The van der Waals surface area contributed by atoms with Crippen LogP contribution in [0.25, 0.3) is 0 Å². The molecule has 1 aromatic heterocycles. The summed E-state index contributed by atoms with van der Waals surface area (Å²) >= 11 is 1.81. The lowest BCUT2D eigenvalue weighted by atomic mass is 10.1. The second-order valence-corrected chi connectivity index (χ2v) is 9.07. The van der Waals surface area contributed by atoms with Crippen molar-refractivity contribution in [2.75, 3.05) is 42.5 Å². The van der Waals surface area contributed by atoms with E-state index in [1.54, 1.807) is 0 Å². The number of carbonyl (C=O) groups is 1. The quantitative estimate of drug-likeness (QED) is 0.393. The normalized spacial score (nSPS) is 17.0. The van der Waals surface area contributed by atoms with Crippen LogP contribution in [0.5, 0.6) is 0 Å². The van der Waals surface area contributed by atoms with E-state index in [2.05, 4.69) is 52.1 Å². The molecule has 0 aliphatic carbocycles. The summed E-state index contributed by atoms with van der Waals surface area (Å²) in [6.45, 7) is 6.53. The third-order valence-electron chi connectivity index (χ3n) is 6.00. The van der Waals surface area contributed by atoms with Crippen LogP contribution in [0, 0.1) is 0 Å². The third-order valence-corrected chi connectivity index (χ3v) is 6.93. The SMILES string of the molecule is CCNC(=NCCCC(=O)N1CCc2ccccc21)NC1CCN(c2cccs2)CC1. The van der Waals surface area contributed by atoms with Crippen molar-refractivity contribution in [2.45, 2.75) is 45.1 Å². The number of hydrogen-bond donors (Lipinski definition) is 2. The molecule has 2 aromatic rings. The Hall–Kier alpha value is -2.54. The number of fused-ring (bicyclic) bond motifs is 1. The summed E-state index contributed by atoms with van der Waals surface area (Å²) in [5.74, 6) is 1.08. The maximum atomic E-state index is 12.7. The molecule has 0 unspecified atom stereocenters. The van der Waals surface area contributed by atoms with E-state index < -0.39 is 0 Å². The van der Waals surface area contributed by atoms with Crippen LogP contribution >= 0.6 is 11.3 Å². The van der Waals surface area contributed by atoms with E-state index in [0.717, 1.165) is 63.5 Å². The van der Waals surface area contributed by atoms with Gasteiger partial charge in [0.1, 0.15) is 0 Å². The standard InChI is InChI=1S/C24H33N5OS/c1-2-25-24(27-20-12-15-28(16-13-20)23-10-6-18-31-23)26-14-5-9-22(30)29-17-11-19-7-3-4-8-21(19)29/h3-4,6-8,10,18,20H,2,5,9,11-17H2,1H3,(H2,25,26,27). The van der Waals surface area contributed by atoms with Crippen LogP contribution < -0.4 is 20.4 Å². The Morgan fingerprint density at radius 2 is 2.00 bits per heavy atom. The summed E-state index contributed by atoms with van der Waals surface area (Å²) < 4.78 is 0. The Morgan fingerprint density at radius 1 is 1.16 bits per heavy atom. The van der Waals surface area contributed by atoms with Crippen LogP contribution in [0.15, 0.2) is 46.8 Å². The van der Waals surface area contributed by atoms with E-state index >= 15 is 0 Å². The van der Waals surface area contributed by atoms with Gasteiger partial charge in [-0.1, -0.05) is 18.2 Å². The van der Waals surface area contributed by atoms with Gasteiger partial charge in [0.25, 0.3) is 0 Å². The number of nitrogens with one attached hydrogen (secondary N) is 2. The van der Waals surface area contributed by atoms with E-state index in [0.29, 0.717) is 19.0 Å². The molecule has 3 heterocycles. The second-order valence-electron chi connectivity index (χ2n) is 8.15. The summed E-state index contributed by atoms with van der Waals surface area (Å²) in [7, 11) is 0. The Kier molecular flexibility index (Phi) is 7.46. The van der Waals surface area contributed by atoms with Crippen molar-refractivity contribution >= 4 is 33.9 Å². The van der Waals surface area contributed by atoms with Gasteiger partial charge in [-0.15, -0.1) is 11.3 Å². The zero-order chi connectivity index (χ0) is 21.5. The van der Waals surface area contributed by atoms with Crippen LogP contribution in [-0.4, -0.2) is 50.6 Å². The first-order valence-corrected chi connectivity index (χ1v) is 12.3.